The van der Waals surface area contributed by atoms with E-state index >= 15 is 0 Å². The van der Waals surface area contributed by atoms with E-state index < -0.39 is 0 Å². The van der Waals surface area contributed by atoms with Crippen molar-refractivity contribution in [3.63, 3.8) is 0 Å². The highest BCUT2D eigenvalue weighted by Gasteiger charge is 2.25. The third-order valence-electron chi connectivity index (χ3n) is 4.56. The van der Waals surface area contributed by atoms with Crippen LogP contribution in [0.4, 0.5) is 5.69 Å². The molecule has 27 heavy (non-hydrogen) atoms. The molecule has 0 saturated heterocycles. The molecule has 2 aromatic carbocycles. The maximum atomic E-state index is 12.4. The van der Waals surface area contributed by atoms with Crippen LogP contribution in [0.15, 0.2) is 48.5 Å². The lowest BCUT2D eigenvalue weighted by Crippen LogP contribution is -2.41. The fraction of sp³-hybridized carbons (Fsp3) is 0.333. The summed E-state index contributed by atoms with van der Waals surface area (Å²) in [5.74, 6) is 1.34. The highest BCUT2D eigenvalue weighted by Crippen LogP contribution is 2.31. The van der Waals surface area contributed by atoms with Crippen molar-refractivity contribution in [2.75, 3.05) is 38.3 Å². The molecule has 0 radical (unpaired) electrons. The highest BCUT2D eigenvalue weighted by molar-refractivity contribution is 5.98. The van der Waals surface area contributed by atoms with Gasteiger partial charge < -0.3 is 19.3 Å². The SMILES string of the molecule is Cc1ccccc1OCCN(C)C(=O)CCN1C(=O)COc2ccccc21. The number of fused-ring (bicyclic) bond motifs is 1. The average Bonchev–Trinajstić information content (AvgIpc) is 2.68. The van der Waals surface area contributed by atoms with Crippen LogP contribution in [0.2, 0.25) is 0 Å². The van der Waals surface area contributed by atoms with Gasteiger partial charge in [0, 0.05) is 20.0 Å². The number of rotatable bonds is 7. The third kappa shape index (κ3) is 4.58. The maximum Gasteiger partial charge on any atom is 0.265 e. The Morgan fingerprint density at radius 2 is 1.93 bits per heavy atom. The third-order valence-corrected chi connectivity index (χ3v) is 4.56. The van der Waals surface area contributed by atoms with Gasteiger partial charge in [-0.05, 0) is 30.7 Å². The summed E-state index contributed by atoms with van der Waals surface area (Å²) in [6.07, 6.45) is 0.251. The normalized spacial score (nSPS) is 13.0. The van der Waals surface area contributed by atoms with Crippen molar-refractivity contribution in [2.24, 2.45) is 0 Å². The summed E-state index contributed by atoms with van der Waals surface area (Å²) in [4.78, 5) is 27.8. The standard InChI is InChI=1S/C21H24N2O4/c1-16-7-3-5-9-18(16)26-14-13-22(2)20(24)11-12-23-17-8-4-6-10-19(17)27-15-21(23)25/h3-10H,11-15H2,1-2H3. The summed E-state index contributed by atoms with van der Waals surface area (Å²) in [5, 5.41) is 0. The van der Waals surface area contributed by atoms with Gasteiger partial charge in [-0.15, -0.1) is 0 Å². The van der Waals surface area contributed by atoms with Gasteiger partial charge in [-0.25, -0.2) is 0 Å². The fourth-order valence-electron chi connectivity index (χ4n) is 2.93. The first-order valence-corrected chi connectivity index (χ1v) is 9.01. The second-order valence-corrected chi connectivity index (χ2v) is 6.48. The fourth-order valence-corrected chi connectivity index (χ4v) is 2.93. The number of carbonyl (C=O) groups excluding carboxylic acids is 2. The maximum absolute atomic E-state index is 12.4. The zero-order valence-corrected chi connectivity index (χ0v) is 15.7. The number of ether oxygens (including phenoxy) is 2. The number of anilines is 1. The molecule has 2 aromatic rings. The van der Waals surface area contributed by atoms with Crippen molar-refractivity contribution in [1.29, 1.82) is 0 Å². The van der Waals surface area contributed by atoms with Crippen molar-refractivity contribution < 1.29 is 19.1 Å². The largest absolute Gasteiger partial charge is 0.491 e. The van der Waals surface area contributed by atoms with E-state index in [4.69, 9.17) is 9.47 Å². The molecule has 1 aliphatic rings. The van der Waals surface area contributed by atoms with Gasteiger partial charge in [-0.3, -0.25) is 9.59 Å². The van der Waals surface area contributed by atoms with Gasteiger partial charge in [-0.2, -0.15) is 0 Å². The van der Waals surface area contributed by atoms with Gasteiger partial charge in [-0.1, -0.05) is 30.3 Å². The Balaban J connectivity index is 1.49. The minimum absolute atomic E-state index is 0.00527. The van der Waals surface area contributed by atoms with Crippen LogP contribution < -0.4 is 14.4 Å². The first kappa shape index (κ1) is 18.8. The minimum Gasteiger partial charge on any atom is -0.491 e. The lowest BCUT2D eigenvalue weighted by Gasteiger charge is -2.29. The Morgan fingerprint density at radius 3 is 2.74 bits per heavy atom. The number of likely N-dealkylation sites (N-methyl/N-ethyl adjacent to an activating group) is 1. The van der Waals surface area contributed by atoms with Crippen LogP contribution in [-0.4, -0.2) is 50.1 Å². The van der Waals surface area contributed by atoms with E-state index in [-0.39, 0.29) is 24.8 Å². The molecule has 0 aromatic heterocycles. The summed E-state index contributed by atoms with van der Waals surface area (Å²) < 4.78 is 11.2. The van der Waals surface area contributed by atoms with Gasteiger partial charge in [0.1, 0.15) is 18.1 Å². The number of aryl methyl sites for hydroxylation is 1. The van der Waals surface area contributed by atoms with Gasteiger partial charge in [0.2, 0.25) is 5.91 Å². The molecule has 142 valence electrons. The molecular formula is C21H24N2O4. The van der Waals surface area contributed by atoms with Crippen LogP contribution >= 0.6 is 0 Å². The zero-order chi connectivity index (χ0) is 19.2. The number of hydrogen-bond donors (Lipinski definition) is 0. The molecular weight excluding hydrogens is 344 g/mol. The predicted molar refractivity (Wildman–Crippen MR) is 103 cm³/mol. The van der Waals surface area contributed by atoms with E-state index in [1.807, 2.05) is 55.5 Å². The Morgan fingerprint density at radius 1 is 1.19 bits per heavy atom. The minimum atomic E-state index is -0.132. The summed E-state index contributed by atoms with van der Waals surface area (Å²) in [6.45, 7) is 3.24. The van der Waals surface area contributed by atoms with Crippen LogP contribution in [0.1, 0.15) is 12.0 Å². The molecule has 1 heterocycles. The molecule has 0 atom stereocenters. The Hall–Kier alpha value is -3.02. The predicted octanol–water partition coefficient (Wildman–Crippen LogP) is 2.65. The van der Waals surface area contributed by atoms with Crippen LogP contribution in [-0.2, 0) is 9.59 Å². The number of para-hydroxylation sites is 3. The van der Waals surface area contributed by atoms with Gasteiger partial charge in [0.15, 0.2) is 6.61 Å². The molecule has 0 unspecified atom stereocenters. The first-order valence-electron chi connectivity index (χ1n) is 9.01. The van der Waals surface area contributed by atoms with Gasteiger partial charge >= 0.3 is 0 Å². The van der Waals surface area contributed by atoms with Gasteiger partial charge in [0.25, 0.3) is 5.91 Å². The molecule has 0 fully saturated rings. The Kier molecular flexibility index (Phi) is 5.96. The monoisotopic (exact) mass is 368 g/mol. The van der Waals surface area contributed by atoms with Crippen molar-refractivity contribution >= 4 is 17.5 Å². The zero-order valence-electron chi connectivity index (χ0n) is 15.7. The number of benzene rings is 2. The Bertz CT molecular complexity index is 821. The number of hydrogen-bond acceptors (Lipinski definition) is 4. The summed E-state index contributed by atoms with van der Waals surface area (Å²) in [6, 6.07) is 15.2. The van der Waals surface area contributed by atoms with Crippen molar-refractivity contribution in [1.82, 2.24) is 4.90 Å². The van der Waals surface area contributed by atoms with Crippen molar-refractivity contribution in [3.05, 3.63) is 54.1 Å². The van der Waals surface area contributed by atoms with E-state index in [0.29, 0.717) is 31.1 Å². The number of carbonyl (C=O) groups is 2. The van der Waals surface area contributed by atoms with Crippen LogP contribution in [0.5, 0.6) is 11.5 Å². The lowest BCUT2D eigenvalue weighted by atomic mass is 10.2. The second kappa shape index (κ2) is 8.58. The number of nitrogens with zero attached hydrogens (tertiary/aromatic N) is 2. The quantitative estimate of drug-likeness (QED) is 0.754. The summed E-state index contributed by atoms with van der Waals surface area (Å²) in [7, 11) is 1.75. The topological polar surface area (TPSA) is 59.1 Å². The molecule has 1 aliphatic heterocycles. The average molecular weight is 368 g/mol. The van der Waals surface area contributed by atoms with E-state index in [2.05, 4.69) is 0 Å². The molecule has 2 amide bonds. The van der Waals surface area contributed by atoms with Crippen LogP contribution in [0.25, 0.3) is 0 Å². The molecule has 6 nitrogen and oxygen atoms in total. The lowest BCUT2D eigenvalue weighted by molar-refractivity contribution is -0.130. The molecule has 3 rings (SSSR count). The Labute approximate surface area is 159 Å². The molecule has 0 aliphatic carbocycles. The molecule has 0 saturated carbocycles. The molecule has 0 spiro atoms. The van der Waals surface area contributed by atoms with Crippen molar-refractivity contribution in [3.8, 4) is 11.5 Å². The second-order valence-electron chi connectivity index (χ2n) is 6.48. The van der Waals surface area contributed by atoms with Crippen LogP contribution in [0.3, 0.4) is 0 Å². The van der Waals surface area contributed by atoms with Crippen LogP contribution in [0, 0.1) is 6.92 Å². The highest BCUT2D eigenvalue weighted by atomic mass is 16.5. The first-order chi connectivity index (χ1) is 13.1. The summed E-state index contributed by atoms with van der Waals surface area (Å²) in [5.41, 5.74) is 1.78. The van der Waals surface area contributed by atoms with Gasteiger partial charge in [0.05, 0.1) is 12.2 Å². The van der Waals surface area contributed by atoms with E-state index in [9.17, 15) is 9.59 Å². The molecule has 0 bridgehead atoms. The molecule has 6 heteroatoms. The van der Waals surface area contributed by atoms with Crippen molar-refractivity contribution in [2.45, 2.75) is 13.3 Å². The smallest absolute Gasteiger partial charge is 0.265 e. The van der Waals surface area contributed by atoms with E-state index in [1.54, 1.807) is 16.8 Å². The molecule has 0 N–H and O–H groups in total. The van der Waals surface area contributed by atoms with E-state index in [0.717, 1.165) is 11.3 Å². The number of amides is 2. The van der Waals surface area contributed by atoms with E-state index in [1.165, 1.54) is 0 Å². The summed E-state index contributed by atoms with van der Waals surface area (Å²) >= 11 is 0.